The van der Waals surface area contributed by atoms with Gasteiger partial charge in [0.05, 0.1) is 12.6 Å². The number of carbonyl (C=O) groups excluding carboxylic acids is 2. The Kier molecular flexibility index (Phi) is 5.41. The lowest BCUT2D eigenvalue weighted by Crippen LogP contribution is -2.47. The molecule has 3 fully saturated rings. The van der Waals surface area contributed by atoms with Gasteiger partial charge in [0, 0.05) is 38.7 Å². The summed E-state index contributed by atoms with van der Waals surface area (Å²) in [6.07, 6.45) is 7.01. The van der Waals surface area contributed by atoms with Crippen molar-refractivity contribution in [3.8, 4) is 0 Å². The molecule has 0 radical (unpaired) electrons. The van der Waals surface area contributed by atoms with Gasteiger partial charge in [0.15, 0.2) is 0 Å². The maximum absolute atomic E-state index is 12.6. The van der Waals surface area contributed by atoms with E-state index in [2.05, 4.69) is 5.32 Å². The predicted molar refractivity (Wildman–Crippen MR) is 87.1 cm³/mol. The van der Waals surface area contributed by atoms with Crippen LogP contribution in [0.4, 0.5) is 4.79 Å². The fourth-order valence-electron chi connectivity index (χ4n) is 3.98. The Hall–Kier alpha value is -1.30. The molecule has 3 atom stereocenters. The van der Waals surface area contributed by atoms with E-state index in [4.69, 9.17) is 4.74 Å². The van der Waals surface area contributed by atoms with Crippen LogP contribution < -0.4 is 5.32 Å². The van der Waals surface area contributed by atoms with Crippen LogP contribution in [0.2, 0.25) is 0 Å². The number of likely N-dealkylation sites (tertiary alicyclic amines) is 1. The van der Waals surface area contributed by atoms with Crippen LogP contribution in [0, 0.1) is 5.92 Å². The minimum atomic E-state index is -0.0310. The summed E-state index contributed by atoms with van der Waals surface area (Å²) in [6, 6.07) is 0.282. The first-order chi connectivity index (χ1) is 11.1. The Bertz CT molecular complexity index is 431. The number of nitrogens with one attached hydrogen (secondary N) is 1. The van der Waals surface area contributed by atoms with Crippen molar-refractivity contribution < 1.29 is 14.3 Å². The van der Waals surface area contributed by atoms with Crippen molar-refractivity contribution in [2.75, 3.05) is 33.4 Å². The van der Waals surface area contributed by atoms with E-state index in [1.165, 1.54) is 6.42 Å². The molecule has 0 aromatic rings. The molecule has 23 heavy (non-hydrogen) atoms. The maximum atomic E-state index is 12.6. The third kappa shape index (κ3) is 3.97. The maximum Gasteiger partial charge on any atom is 0.317 e. The van der Waals surface area contributed by atoms with E-state index >= 15 is 0 Å². The highest BCUT2D eigenvalue weighted by Crippen LogP contribution is 2.28. The number of likely N-dealkylation sites (N-methyl/N-ethyl adjacent to an activating group) is 1. The number of amides is 3. The average Bonchev–Trinajstić information content (AvgIpc) is 3.26. The Labute approximate surface area is 138 Å². The Morgan fingerprint density at radius 2 is 1.91 bits per heavy atom. The SMILES string of the molecule is CN(C(=O)N[C@H]1CC[C@@H](C(=O)N2CCCCC2)C1)[C@H]1CCOC1. The molecule has 0 unspecified atom stereocenters. The highest BCUT2D eigenvalue weighted by Gasteiger charge is 2.34. The Balaban J connectivity index is 1.45. The zero-order valence-corrected chi connectivity index (χ0v) is 14.1. The van der Waals surface area contributed by atoms with E-state index in [1.54, 1.807) is 4.90 Å². The fraction of sp³-hybridized carbons (Fsp3) is 0.882. The Morgan fingerprint density at radius 3 is 2.61 bits per heavy atom. The zero-order chi connectivity index (χ0) is 16.2. The van der Waals surface area contributed by atoms with Crippen LogP contribution in [-0.4, -0.2) is 67.2 Å². The summed E-state index contributed by atoms with van der Waals surface area (Å²) in [5.41, 5.74) is 0. The summed E-state index contributed by atoms with van der Waals surface area (Å²) in [4.78, 5) is 28.7. The van der Waals surface area contributed by atoms with E-state index in [-0.39, 0.29) is 24.0 Å². The standard InChI is InChI=1S/C17H29N3O3/c1-19(15-7-10-23-12-15)17(22)18-14-6-5-13(11-14)16(21)20-8-3-2-4-9-20/h13-15H,2-12H2,1H3,(H,18,22)/t13-,14+,15+/m1/s1. The quantitative estimate of drug-likeness (QED) is 0.858. The van der Waals surface area contributed by atoms with Crippen molar-refractivity contribution in [1.82, 2.24) is 15.1 Å². The van der Waals surface area contributed by atoms with Crippen molar-refractivity contribution in [3.05, 3.63) is 0 Å². The van der Waals surface area contributed by atoms with Crippen LogP contribution in [0.3, 0.4) is 0 Å². The summed E-state index contributed by atoms with van der Waals surface area (Å²) < 4.78 is 5.34. The highest BCUT2D eigenvalue weighted by molar-refractivity contribution is 5.80. The number of piperidine rings is 1. The molecule has 2 heterocycles. The smallest absolute Gasteiger partial charge is 0.317 e. The number of nitrogens with zero attached hydrogens (tertiary/aromatic N) is 2. The van der Waals surface area contributed by atoms with Crippen LogP contribution in [0.1, 0.15) is 44.9 Å². The van der Waals surface area contributed by atoms with E-state index in [9.17, 15) is 9.59 Å². The topological polar surface area (TPSA) is 61.9 Å². The van der Waals surface area contributed by atoms with Gasteiger partial charge in [-0.15, -0.1) is 0 Å². The first kappa shape index (κ1) is 16.6. The van der Waals surface area contributed by atoms with Crippen LogP contribution >= 0.6 is 0 Å². The molecule has 3 amide bonds. The average molecular weight is 323 g/mol. The third-order valence-electron chi connectivity index (χ3n) is 5.55. The molecule has 1 saturated carbocycles. The molecule has 6 nitrogen and oxygen atoms in total. The minimum Gasteiger partial charge on any atom is -0.379 e. The van der Waals surface area contributed by atoms with E-state index < -0.39 is 0 Å². The first-order valence-electron chi connectivity index (χ1n) is 9.05. The van der Waals surface area contributed by atoms with Crippen LogP contribution in [0.15, 0.2) is 0 Å². The molecule has 0 bridgehead atoms. The van der Waals surface area contributed by atoms with Gasteiger partial charge in [-0.25, -0.2) is 4.79 Å². The minimum absolute atomic E-state index is 0.0310. The summed E-state index contributed by atoms with van der Waals surface area (Å²) in [5.74, 6) is 0.400. The lowest BCUT2D eigenvalue weighted by molar-refractivity contribution is -0.136. The molecule has 2 aliphatic heterocycles. The van der Waals surface area contributed by atoms with Gasteiger partial charge < -0.3 is 19.9 Å². The normalized spacial score (nSPS) is 31.2. The lowest BCUT2D eigenvalue weighted by atomic mass is 10.0. The molecular formula is C17H29N3O3. The number of carbonyl (C=O) groups is 2. The Morgan fingerprint density at radius 1 is 1.13 bits per heavy atom. The number of urea groups is 1. The van der Waals surface area contributed by atoms with Crippen molar-refractivity contribution >= 4 is 11.9 Å². The molecule has 1 N–H and O–H groups in total. The third-order valence-corrected chi connectivity index (χ3v) is 5.55. The van der Waals surface area contributed by atoms with Gasteiger partial charge in [-0.05, 0) is 44.9 Å². The number of ether oxygens (including phenoxy) is 1. The molecule has 1 aliphatic carbocycles. The molecule has 0 aromatic carbocycles. The largest absolute Gasteiger partial charge is 0.379 e. The number of hydrogen-bond donors (Lipinski definition) is 1. The van der Waals surface area contributed by atoms with Crippen molar-refractivity contribution in [2.45, 2.75) is 57.0 Å². The molecular weight excluding hydrogens is 294 g/mol. The summed E-state index contributed by atoms with van der Waals surface area (Å²) in [5, 5.41) is 3.10. The molecule has 130 valence electrons. The van der Waals surface area contributed by atoms with Crippen LogP contribution in [0.25, 0.3) is 0 Å². The summed E-state index contributed by atoms with van der Waals surface area (Å²) in [6.45, 7) is 3.19. The second-order valence-electron chi connectivity index (χ2n) is 7.17. The second kappa shape index (κ2) is 7.51. The van der Waals surface area contributed by atoms with Crippen LogP contribution in [-0.2, 0) is 9.53 Å². The highest BCUT2D eigenvalue weighted by atomic mass is 16.5. The predicted octanol–water partition coefficient (Wildman–Crippen LogP) is 1.60. The van der Waals surface area contributed by atoms with Crippen molar-refractivity contribution in [1.29, 1.82) is 0 Å². The van der Waals surface area contributed by atoms with Gasteiger partial charge in [-0.3, -0.25) is 4.79 Å². The molecule has 0 aromatic heterocycles. The van der Waals surface area contributed by atoms with Gasteiger partial charge in [-0.2, -0.15) is 0 Å². The lowest BCUT2D eigenvalue weighted by Gasteiger charge is -2.29. The van der Waals surface area contributed by atoms with Gasteiger partial charge in [-0.1, -0.05) is 0 Å². The van der Waals surface area contributed by atoms with Crippen LogP contribution in [0.5, 0.6) is 0 Å². The van der Waals surface area contributed by atoms with Crippen molar-refractivity contribution in [3.63, 3.8) is 0 Å². The number of hydrogen-bond acceptors (Lipinski definition) is 3. The molecule has 2 saturated heterocycles. The second-order valence-corrected chi connectivity index (χ2v) is 7.17. The summed E-state index contributed by atoms with van der Waals surface area (Å²) in [7, 11) is 1.83. The first-order valence-corrected chi connectivity index (χ1v) is 9.05. The van der Waals surface area contributed by atoms with E-state index in [0.717, 1.165) is 58.2 Å². The molecule has 6 heteroatoms. The van der Waals surface area contributed by atoms with Gasteiger partial charge in [0.25, 0.3) is 0 Å². The zero-order valence-electron chi connectivity index (χ0n) is 14.1. The van der Waals surface area contributed by atoms with E-state index in [1.807, 2.05) is 11.9 Å². The van der Waals surface area contributed by atoms with Gasteiger partial charge in [0.1, 0.15) is 0 Å². The molecule has 3 aliphatic rings. The number of rotatable bonds is 3. The van der Waals surface area contributed by atoms with Gasteiger partial charge >= 0.3 is 6.03 Å². The van der Waals surface area contributed by atoms with E-state index in [0.29, 0.717) is 12.5 Å². The molecule has 0 spiro atoms. The fourth-order valence-corrected chi connectivity index (χ4v) is 3.98. The monoisotopic (exact) mass is 323 g/mol. The van der Waals surface area contributed by atoms with Gasteiger partial charge in [0.2, 0.25) is 5.91 Å². The molecule has 3 rings (SSSR count). The summed E-state index contributed by atoms with van der Waals surface area (Å²) >= 11 is 0. The van der Waals surface area contributed by atoms with Crippen molar-refractivity contribution in [2.24, 2.45) is 5.92 Å².